The van der Waals surface area contributed by atoms with Crippen molar-refractivity contribution >= 4 is 29.0 Å². The zero-order valence-electron chi connectivity index (χ0n) is 17.4. The van der Waals surface area contributed by atoms with Gasteiger partial charge in [0.1, 0.15) is 0 Å². The zero-order chi connectivity index (χ0) is 22.1. The molecule has 6 nitrogen and oxygen atoms in total. The molecule has 0 aliphatic heterocycles. The summed E-state index contributed by atoms with van der Waals surface area (Å²) in [7, 11) is 1.77. The van der Waals surface area contributed by atoms with E-state index in [0.29, 0.717) is 27.7 Å². The van der Waals surface area contributed by atoms with Crippen molar-refractivity contribution in [3.63, 3.8) is 0 Å². The van der Waals surface area contributed by atoms with Gasteiger partial charge in [0.2, 0.25) is 5.78 Å². The molecule has 0 aliphatic rings. The fourth-order valence-electron chi connectivity index (χ4n) is 3.52. The molecule has 4 aromatic rings. The van der Waals surface area contributed by atoms with Crippen LogP contribution in [0.1, 0.15) is 37.9 Å². The molecule has 2 heterocycles. The molecule has 0 unspecified atom stereocenters. The van der Waals surface area contributed by atoms with Gasteiger partial charge in [0.15, 0.2) is 5.82 Å². The van der Waals surface area contributed by atoms with Crippen LogP contribution in [0, 0.1) is 13.8 Å². The van der Waals surface area contributed by atoms with E-state index in [9.17, 15) is 9.59 Å². The van der Waals surface area contributed by atoms with Crippen LogP contribution in [0.25, 0.3) is 5.69 Å². The van der Waals surface area contributed by atoms with Gasteiger partial charge < -0.3 is 14.5 Å². The summed E-state index contributed by atoms with van der Waals surface area (Å²) in [5.74, 6) is -0.146. The van der Waals surface area contributed by atoms with Crippen molar-refractivity contribution in [2.24, 2.45) is 7.05 Å². The molecule has 2 aromatic heterocycles. The second kappa shape index (κ2) is 8.24. The highest BCUT2D eigenvalue weighted by molar-refractivity contribution is 6.34. The lowest BCUT2D eigenvalue weighted by atomic mass is 10.1. The average molecular weight is 433 g/mol. The molecule has 0 saturated heterocycles. The lowest BCUT2D eigenvalue weighted by Crippen LogP contribution is -2.14. The van der Waals surface area contributed by atoms with Gasteiger partial charge in [-0.05, 0) is 68.4 Å². The Kier molecular flexibility index (Phi) is 5.48. The summed E-state index contributed by atoms with van der Waals surface area (Å²) in [6.07, 6.45) is 3.30. The van der Waals surface area contributed by atoms with Gasteiger partial charge in [-0.25, -0.2) is 4.98 Å². The Morgan fingerprint density at radius 3 is 2.26 bits per heavy atom. The molecule has 0 spiro atoms. The molecule has 0 atom stereocenters. The Morgan fingerprint density at radius 2 is 1.65 bits per heavy atom. The second-order valence-corrected chi connectivity index (χ2v) is 7.75. The van der Waals surface area contributed by atoms with Gasteiger partial charge in [-0.3, -0.25) is 9.59 Å². The standard InChI is InChI=1S/C24H21ClN4O2/c1-15-4-5-16(2)29(15)19-10-11-21(25)20(14-19)24(31)27-18-8-6-17(7-9-18)22(30)23-26-12-13-28(23)3/h4-14H,1-3H3,(H,27,31). The first-order chi connectivity index (χ1) is 14.8. The predicted molar refractivity (Wildman–Crippen MR) is 121 cm³/mol. The van der Waals surface area contributed by atoms with Gasteiger partial charge in [-0.2, -0.15) is 0 Å². The quantitative estimate of drug-likeness (QED) is 0.453. The Balaban J connectivity index is 1.55. The van der Waals surface area contributed by atoms with E-state index in [1.54, 1.807) is 60.4 Å². The van der Waals surface area contributed by atoms with Crippen LogP contribution >= 0.6 is 11.6 Å². The molecule has 1 amide bonds. The molecule has 0 saturated carbocycles. The fraction of sp³-hybridized carbons (Fsp3) is 0.125. The molecular formula is C24H21ClN4O2. The molecule has 0 radical (unpaired) electrons. The van der Waals surface area contributed by atoms with E-state index in [1.807, 2.05) is 32.0 Å². The number of benzene rings is 2. The third kappa shape index (κ3) is 4.02. The maximum absolute atomic E-state index is 12.9. The van der Waals surface area contributed by atoms with Gasteiger partial charge in [-0.15, -0.1) is 0 Å². The molecule has 156 valence electrons. The number of hydrogen-bond donors (Lipinski definition) is 1. The van der Waals surface area contributed by atoms with Crippen molar-refractivity contribution in [2.75, 3.05) is 5.32 Å². The Bertz CT molecular complexity index is 1270. The zero-order valence-corrected chi connectivity index (χ0v) is 18.1. The third-order valence-corrected chi connectivity index (χ3v) is 5.48. The SMILES string of the molecule is Cc1ccc(C)n1-c1ccc(Cl)c(C(=O)Nc2ccc(C(=O)c3nccn3C)cc2)c1. The number of imidazole rings is 1. The van der Waals surface area contributed by atoms with E-state index in [-0.39, 0.29) is 11.7 Å². The highest BCUT2D eigenvalue weighted by Crippen LogP contribution is 2.24. The van der Waals surface area contributed by atoms with Crippen LogP contribution < -0.4 is 5.32 Å². The summed E-state index contributed by atoms with van der Waals surface area (Å²) in [4.78, 5) is 29.5. The van der Waals surface area contributed by atoms with E-state index in [0.717, 1.165) is 17.1 Å². The smallest absolute Gasteiger partial charge is 0.257 e. The topological polar surface area (TPSA) is 68.9 Å². The van der Waals surface area contributed by atoms with E-state index < -0.39 is 0 Å². The van der Waals surface area contributed by atoms with Crippen LogP contribution in [0.15, 0.2) is 67.0 Å². The third-order valence-electron chi connectivity index (χ3n) is 5.15. The molecule has 4 rings (SSSR count). The summed E-state index contributed by atoms with van der Waals surface area (Å²) in [5.41, 5.74) is 4.44. The number of nitrogens with zero attached hydrogens (tertiary/aromatic N) is 3. The molecule has 2 aromatic carbocycles. The summed E-state index contributed by atoms with van der Waals surface area (Å²) < 4.78 is 3.73. The predicted octanol–water partition coefficient (Wildman–Crippen LogP) is 4.96. The van der Waals surface area contributed by atoms with Gasteiger partial charge in [0.25, 0.3) is 5.91 Å². The molecule has 1 N–H and O–H groups in total. The first-order valence-electron chi connectivity index (χ1n) is 9.73. The maximum Gasteiger partial charge on any atom is 0.257 e. The number of ketones is 1. The first-order valence-corrected chi connectivity index (χ1v) is 10.1. The minimum absolute atomic E-state index is 0.182. The van der Waals surface area contributed by atoms with E-state index in [2.05, 4.69) is 14.9 Å². The van der Waals surface area contributed by atoms with Crippen molar-refractivity contribution in [1.29, 1.82) is 0 Å². The van der Waals surface area contributed by atoms with E-state index in [4.69, 9.17) is 11.6 Å². The number of amides is 1. The number of nitrogens with one attached hydrogen (secondary N) is 1. The van der Waals surface area contributed by atoms with Crippen molar-refractivity contribution in [3.05, 3.63) is 100 Å². The van der Waals surface area contributed by atoms with Gasteiger partial charge in [-0.1, -0.05) is 11.6 Å². The Hall–Kier alpha value is -3.64. The van der Waals surface area contributed by atoms with Crippen LogP contribution in [-0.2, 0) is 7.05 Å². The summed E-state index contributed by atoms with van der Waals surface area (Å²) in [6.45, 7) is 4.02. The van der Waals surface area contributed by atoms with E-state index >= 15 is 0 Å². The lowest BCUT2D eigenvalue weighted by Gasteiger charge is -2.13. The highest BCUT2D eigenvalue weighted by Gasteiger charge is 2.16. The van der Waals surface area contributed by atoms with Crippen LogP contribution in [0.5, 0.6) is 0 Å². The number of aromatic nitrogens is 3. The van der Waals surface area contributed by atoms with Crippen LogP contribution in [0.3, 0.4) is 0 Å². The minimum Gasteiger partial charge on any atom is -0.331 e. The number of halogens is 1. The molecule has 0 aliphatic carbocycles. The van der Waals surface area contributed by atoms with Crippen molar-refractivity contribution < 1.29 is 9.59 Å². The Labute approximate surface area is 185 Å². The number of rotatable bonds is 5. The van der Waals surface area contributed by atoms with Gasteiger partial charge >= 0.3 is 0 Å². The molecule has 7 heteroatoms. The van der Waals surface area contributed by atoms with Gasteiger partial charge in [0.05, 0.1) is 10.6 Å². The van der Waals surface area contributed by atoms with Crippen LogP contribution in [0.2, 0.25) is 5.02 Å². The van der Waals surface area contributed by atoms with Crippen LogP contribution in [-0.4, -0.2) is 25.8 Å². The molecule has 0 fully saturated rings. The maximum atomic E-state index is 12.9. The number of anilines is 1. The second-order valence-electron chi connectivity index (χ2n) is 7.34. The Morgan fingerprint density at radius 1 is 0.968 bits per heavy atom. The highest BCUT2D eigenvalue weighted by atomic mass is 35.5. The molecule has 31 heavy (non-hydrogen) atoms. The molecule has 0 bridgehead atoms. The fourth-order valence-corrected chi connectivity index (χ4v) is 3.72. The van der Waals surface area contributed by atoms with Crippen molar-refractivity contribution in [2.45, 2.75) is 13.8 Å². The summed E-state index contributed by atoms with van der Waals surface area (Å²) >= 11 is 6.31. The van der Waals surface area contributed by atoms with Gasteiger partial charge in [0, 0.05) is 47.8 Å². The number of carbonyl (C=O) groups excluding carboxylic acids is 2. The van der Waals surface area contributed by atoms with E-state index in [1.165, 1.54) is 0 Å². The van der Waals surface area contributed by atoms with Crippen molar-refractivity contribution in [3.8, 4) is 5.69 Å². The number of carbonyl (C=O) groups is 2. The minimum atomic E-state index is -0.322. The normalized spacial score (nSPS) is 10.8. The van der Waals surface area contributed by atoms with Crippen LogP contribution in [0.4, 0.5) is 5.69 Å². The van der Waals surface area contributed by atoms with Crippen molar-refractivity contribution in [1.82, 2.24) is 14.1 Å². The number of aryl methyl sites for hydroxylation is 3. The average Bonchev–Trinajstić information content (AvgIpc) is 3.33. The first kappa shape index (κ1) is 20.6. The monoisotopic (exact) mass is 432 g/mol. The summed E-state index contributed by atoms with van der Waals surface area (Å²) in [5, 5.41) is 3.21. The largest absolute Gasteiger partial charge is 0.331 e. The summed E-state index contributed by atoms with van der Waals surface area (Å²) in [6, 6.07) is 16.1. The lowest BCUT2D eigenvalue weighted by molar-refractivity contribution is 0.102. The number of hydrogen-bond acceptors (Lipinski definition) is 3. The molecular weight excluding hydrogens is 412 g/mol.